The van der Waals surface area contributed by atoms with Crippen molar-refractivity contribution < 1.29 is 5.11 Å². The van der Waals surface area contributed by atoms with E-state index in [2.05, 4.69) is 25.1 Å². The fourth-order valence-electron chi connectivity index (χ4n) is 2.29. The summed E-state index contributed by atoms with van der Waals surface area (Å²) in [5.41, 5.74) is -0.403. The van der Waals surface area contributed by atoms with Crippen LogP contribution in [-0.4, -0.2) is 47.8 Å². The molecule has 0 saturated heterocycles. The molecule has 0 amide bonds. The van der Waals surface area contributed by atoms with E-state index in [0.717, 1.165) is 37.6 Å². The van der Waals surface area contributed by atoms with Gasteiger partial charge in [-0.1, -0.05) is 6.92 Å². The van der Waals surface area contributed by atoms with Gasteiger partial charge in [-0.3, -0.25) is 0 Å². The van der Waals surface area contributed by atoms with Gasteiger partial charge in [-0.25, -0.2) is 0 Å². The second kappa shape index (κ2) is 6.12. The molecule has 0 atom stereocenters. The van der Waals surface area contributed by atoms with Crippen LogP contribution in [0.3, 0.4) is 0 Å². The molecule has 1 saturated carbocycles. The second-order valence-corrected chi connectivity index (χ2v) is 6.12. The summed E-state index contributed by atoms with van der Waals surface area (Å²) in [7, 11) is 2.12. The molecule has 0 bridgehead atoms. The third-order valence-electron chi connectivity index (χ3n) is 3.45. The molecule has 0 aromatic rings. The lowest BCUT2D eigenvalue weighted by atomic mass is 9.79. The predicted octanol–water partition coefficient (Wildman–Crippen LogP) is 2.22. The van der Waals surface area contributed by atoms with E-state index in [1.807, 2.05) is 11.8 Å². The first-order valence-electron chi connectivity index (χ1n) is 5.95. The van der Waals surface area contributed by atoms with E-state index < -0.39 is 5.60 Å². The van der Waals surface area contributed by atoms with Crippen molar-refractivity contribution in [3.8, 4) is 0 Å². The molecule has 15 heavy (non-hydrogen) atoms. The lowest BCUT2D eigenvalue weighted by Crippen LogP contribution is -2.44. The molecule has 0 heterocycles. The zero-order valence-corrected chi connectivity index (χ0v) is 11.1. The Morgan fingerprint density at radius 3 is 2.53 bits per heavy atom. The van der Waals surface area contributed by atoms with Crippen molar-refractivity contribution in [3.05, 3.63) is 0 Å². The van der Waals surface area contributed by atoms with E-state index in [0.29, 0.717) is 0 Å². The summed E-state index contributed by atoms with van der Waals surface area (Å²) >= 11 is 1.87. The van der Waals surface area contributed by atoms with Gasteiger partial charge >= 0.3 is 0 Å². The van der Waals surface area contributed by atoms with Crippen molar-refractivity contribution in [1.82, 2.24) is 4.90 Å². The molecule has 1 rings (SSSR count). The number of hydrogen-bond donors (Lipinski definition) is 1. The Labute approximate surface area is 98.4 Å². The standard InChI is InChI=1S/C12H25NOS/c1-11-4-6-12(14,7-5-11)10-13(2)8-9-15-3/h11,14H,4-10H2,1-3H3. The smallest absolute Gasteiger partial charge is 0.0774 e. The highest BCUT2D eigenvalue weighted by Crippen LogP contribution is 2.32. The van der Waals surface area contributed by atoms with E-state index >= 15 is 0 Å². The normalized spacial score (nSPS) is 32.2. The molecular formula is C12H25NOS. The van der Waals surface area contributed by atoms with Gasteiger partial charge in [-0.15, -0.1) is 0 Å². The number of rotatable bonds is 5. The average Bonchev–Trinajstić information content (AvgIpc) is 2.20. The highest BCUT2D eigenvalue weighted by molar-refractivity contribution is 7.98. The van der Waals surface area contributed by atoms with Crippen molar-refractivity contribution in [2.75, 3.05) is 32.1 Å². The minimum atomic E-state index is -0.403. The third kappa shape index (κ3) is 4.75. The van der Waals surface area contributed by atoms with Crippen LogP contribution >= 0.6 is 11.8 Å². The molecule has 0 spiro atoms. The first-order chi connectivity index (χ1) is 7.06. The van der Waals surface area contributed by atoms with Gasteiger partial charge in [0, 0.05) is 18.8 Å². The van der Waals surface area contributed by atoms with Crippen molar-refractivity contribution in [3.63, 3.8) is 0 Å². The lowest BCUT2D eigenvalue weighted by Gasteiger charge is -2.37. The van der Waals surface area contributed by atoms with Crippen molar-refractivity contribution in [2.24, 2.45) is 5.92 Å². The summed E-state index contributed by atoms with van der Waals surface area (Å²) in [6.07, 6.45) is 6.47. The maximum absolute atomic E-state index is 10.4. The lowest BCUT2D eigenvalue weighted by molar-refractivity contribution is -0.0290. The first kappa shape index (κ1) is 13.3. The molecule has 0 aromatic heterocycles. The minimum Gasteiger partial charge on any atom is -0.389 e. The highest BCUT2D eigenvalue weighted by atomic mass is 32.2. The molecule has 1 aliphatic rings. The molecule has 1 N–H and O–H groups in total. The number of nitrogens with zero attached hydrogens (tertiary/aromatic N) is 1. The maximum Gasteiger partial charge on any atom is 0.0774 e. The average molecular weight is 231 g/mol. The summed E-state index contributed by atoms with van der Waals surface area (Å²) in [5.74, 6) is 1.96. The van der Waals surface area contributed by atoms with Crippen LogP contribution in [0.1, 0.15) is 32.6 Å². The van der Waals surface area contributed by atoms with Crippen LogP contribution in [0.4, 0.5) is 0 Å². The quantitative estimate of drug-likeness (QED) is 0.785. The summed E-state index contributed by atoms with van der Waals surface area (Å²) in [6.45, 7) is 4.22. The predicted molar refractivity (Wildman–Crippen MR) is 68.5 cm³/mol. The maximum atomic E-state index is 10.4. The van der Waals surface area contributed by atoms with Gasteiger partial charge in [0.15, 0.2) is 0 Å². The largest absolute Gasteiger partial charge is 0.389 e. The van der Waals surface area contributed by atoms with Gasteiger partial charge in [0.2, 0.25) is 0 Å². The van der Waals surface area contributed by atoms with Crippen LogP contribution < -0.4 is 0 Å². The molecule has 0 unspecified atom stereocenters. The zero-order valence-electron chi connectivity index (χ0n) is 10.3. The van der Waals surface area contributed by atoms with Crippen LogP contribution in [0.2, 0.25) is 0 Å². The Balaban J connectivity index is 2.29. The van der Waals surface area contributed by atoms with E-state index in [9.17, 15) is 5.11 Å². The van der Waals surface area contributed by atoms with Crippen LogP contribution in [0.5, 0.6) is 0 Å². The molecule has 2 nitrogen and oxygen atoms in total. The Morgan fingerprint density at radius 2 is 2.00 bits per heavy atom. The van der Waals surface area contributed by atoms with E-state index in [1.165, 1.54) is 12.8 Å². The van der Waals surface area contributed by atoms with Crippen molar-refractivity contribution >= 4 is 11.8 Å². The minimum absolute atomic E-state index is 0.403. The summed E-state index contributed by atoms with van der Waals surface area (Å²) in [6, 6.07) is 0. The van der Waals surface area contributed by atoms with E-state index in [1.54, 1.807) is 0 Å². The van der Waals surface area contributed by atoms with Crippen molar-refractivity contribution in [1.29, 1.82) is 0 Å². The van der Waals surface area contributed by atoms with Gasteiger partial charge < -0.3 is 10.0 Å². The van der Waals surface area contributed by atoms with Crippen LogP contribution in [0.25, 0.3) is 0 Å². The molecule has 1 aliphatic carbocycles. The number of hydrogen-bond acceptors (Lipinski definition) is 3. The number of aliphatic hydroxyl groups is 1. The van der Waals surface area contributed by atoms with E-state index in [4.69, 9.17) is 0 Å². The van der Waals surface area contributed by atoms with Crippen LogP contribution in [-0.2, 0) is 0 Å². The Bertz CT molecular complexity index is 178. The molecule has 3 heteroatoms. The topological polar surface area (TPSA) is 23.5 Å². The summed E-state index contributed by atoms with van der Waals surface area (Å²) in [5, 5.41) is 10.4. The zero-order chi connectivity index (χ0) is 11.3. The molecule has 0 radical (unpaired) electrons. The van der Waals surface area contributed by atoms with Crippen LogP contribution in [0, 0.1) is 5.92 Å². The van der Waals surface area contributed by atoms with Gasteiger partial charge in [-0.2, -0.15) is 11.8 Å². The Kier molecular flexibility index (Phi) is 5.44. The molecule has 90 valence electrons. The third-order valence-corrected chi connectivity index (χ3v) is 4.04. The SMILES string of the molecule is CSCCN(C)CC1(O)CCC(C)CC1. The Morgan fingerprint density at radius 1 is 1.40 bits per heavy atom. The molecule has 0 aromatic carbocycles. The first-order valence-corrected chi connectivity index (χ1v) is 7.35. The van der Waals surface area contributed by atoms with Gasteiger partial charge in [-0.05, 0) is 44.9 Å². The number of thioether (sulfide) groups is 1. The second-order valence-electron chi connectivity index (χ2n) is 5.14. The summed E-state index contributed by atoms with van der Waals surface area (Å²) in [4.78, 5) is 2.27. The van der Waals surface area contributed by atoms with E-state index in [-0.39, 0.29) is 0 Å². The fraction of sp³-hybridized carbons (Fsp3) is 1.00. The molecule has 0 aliphatic heterocycles. The summed E-state index contributed by atoms with van der Waals surface area (Å²) < 4.78 is 0. The Hall–Kier alpha value is 0.270. The highest BCUT2D eigenvalue weighted by Gasteiger charge is 2.32. The van der Waals surface area contributed by atoms with Gasteiger partial charge in [0.05, 0.1) is 5.60 Å². The van der Waals surface area contributed by atoms with Crippen LogP contribution in [0.15, 0.2) is 0 Å². The van der Waals surface area contributed by atoms with Gasteiger partial charge in [0.25, 0.3) is 0 Å². The monoisotopic (exact) mass is 231 g/mol. The van der Waals surface area contributed by atoms with Crippen molar-refractivity contribution in [2.45, 2.75) is 38.2 Å². The molecule has 1 fully saturated rings. The fourth-order valence-corrected chi connectivity index (χ4v) is 2.78. The number of likely N-dealkylation sites (N-methyl/N-ethyl adjacent to an activating group) is 1. The van der Waals surface area contributed by atoms with Gasteiger partial charge in [0.1, 0.15) is 0 Å². The molecular weight excluding hydrogens is 206 g/mol.